The summed E-state index contributed by atoms with van der Waals surface area (Å²) < 4.78 is 0. The zero-order valence-electron chi connectivity index (χ0n) is 20.8. The molecule has 0 bridgehead atoms. The van der Waals surface area contributed by atoms with Crippen LogP contribution in [0, 0.1) is 6.92 Å². The van der Waals surface area contributed by atoms with Crippen LogP contribution in [0.2, 0.25) is 0 Å². The zero-order chi connectivity index (χ0) is 24.1. The van der Waals surface area contributed by atoms with Crippen molar-refractivity contribution in [2.24, 2.45) is 0 Å². The van der Waals surface area contributed by atoms with Crippen LogP contribution in [0.5, 0.6) is 0 Å². The Morgan fingerprint density at radius 1 is 0.882 bits per heavy atom. The highest BCUT2D eigenvalue weighted by Gasteiger charge is 2.20. The standard InChI is InChI=1S/C32H38N2/c1-5-6-7-8-9-10-17-34-24(4)25-13-12-23(3)31(21-25)32-29-15-11-22(2)18-26(29)19-27-20-28(33)14-16-30(27)32/h11-16,18,20-21,34H,2,4-10,17,19,33H2,1,3H3. The second-order valence-corrected chi connectivity index (χ2v) is 9.66. The predicted molar refractivity (Wildman–Crippen MR) is 148 cm³/mol. The Morgan fingerprint density at radius 2 is 1.68 bits per heavy atom. The minimum Gasteiger partial charge on any atom is -0.399 e. The van der Waals surface area contributed by atoms with E-state index in [-0.39, 0.29) is 0 Å². The van der Waals surface area contributed by atoms with Crippen molar-refractivity contribution in [1.29, 1.82) is 0 Å². The van der Waals surface area contributed by atoms with Crippen LogP contribution >= 0.6 is 0 Å². The highest BCUT2D eigenvalue weighted by molar-refractivity contribution is 5.86. The number of fused-ring (bicyclic) bond motifs is 2. The van der Waals surface area contributed by atoms with Crippen molar-refractivity contribution in [3.05, 3.63) is 105 Å². The third-order valence-corrected chi connectivity index (χ3v) is 6.94. The molecule has 0 heterocycles. The van der Waals surface area contributed by atoms with E-state index in [1.807, 2.05) is 6.07 Å². The van der Waals surface area contributed by atoms with E-state index in [0.717, 1.165) is 35.1 Å². The van der Waals surface area contributed by atoms with Gasteiger partial charge in [-0.15, -0.1) is 0 Å². The van der Waals surface area contributed by atoms with Gasteiger partial charge in [0.2, 0.25) is 0 Å². The second-order valence-electron chi connectivity index (χ2n) is 9.66. The number of rotatable bonds is 10. The predicted octanol–water partition coefficient (Wildman–Crippen LogP) is 6.06. The molecule has 3 aromatic carbocycles. The summed E-state index contributed by atoms with van der Waals surface area (Å²) in [6.45, 7) is 13.9. The van der Waals surface area contributed by atoms with Crippen molar-refractivity contribution in [2.75, 3.05) is 12.3 Å². The van der Waals surface area contributed by atoms with E-state index >= 15 is 0 Å². The molecule has 34 heavy (non-hydrogen) atoms. The molecule has 0 aliphatic heterocycles. The quantitative estimate of drug-likeness (QED) is 0.228. The molecule has 0 aromatic heterocycles. The molecule has 1 aliphatic carbocycles. The van der Waals surface area contributed by atoms with Gasteiger partial charge in [-0.1, -0.05) is 88.6 Å². The highest BCUT2D eigenvalue weighted by atomic mass is 14.9. The molecular weight excluding hydrogens is 412 g/mol. The summed E-state index contributed by atoms with van der Waals surface area (Å²) in [5.41, 5.74) is 16.8. The lowest BCUT2D eigenvalue weighted by Gasteiger charge is -2.23. The van der Waals surface area contributed by atoms with Gasteiger partial charge in [-0.25, -0.2) is 0 Å². The first-order valence-electron chi connectivity index (χ1n) is 12.7. The molecule has 0 spiro atoms. The number of nitrogens with one attached hydrogen (secondary N) is 1. The molecule has 176 valence electrons. The number of aryl methyl sites for hydroxylation is 1. The molecule has 0 saturated carbocycles. The normalized spacial score (nSPS) is 12.2. The lowest BCUT2D eigenvalue weighted by Crippen LogP contribution is -2.24. The summed E-state index contributed by atoms with van der Waals surface area (Å²) in [6.07, 6.45) is 8.67. The largest absolute Gasteiger partial charge is 0.399 e. The van der Waals surface area contributed by atoms with Gasteiger partial charge < -0.3 is 11.1 Å². The van der Waals surface area contributed by atoms with Crippen molar-refractivity contribution in [1.82, 2.24) is 5.32 Å². The van der Waals surface area contributed by atoms with Gasteiger partial charge in [-0.2, -0.15) is 0 Å². The Hall–Kier alpha value is -3.26. The Balaban J connectivity index is 1.65. The van der Waals surface area contributed by atoms with Crippen molar-refractivity contribution < 1.29 is 0 Å². The fourth-order valence-corrected chi connectivity index (χ4v) is 5.01. The summed E-state index contributed by atoms with van der Waals surface area (Å²) in [5.74, 6) is 0. The van der Waals surface area contributed by atoms with Crippen LogP contribution in [0.3, 0.4) is 0 Å². The average molecular weight is 451 g/mol. The molecule has 0 atom stereocenters. The average Bonchev–Trinajstić information content (AvgIpc) is 2.82. The van der Waals surface area contributed by atoms with Gasteiger partial charge in [0.1, 0.15) is 0 Å². The van der Waals surface area contributed by atoms with Crippen molar-refractivity contribution in [3.8, 4) is 0 Å². The van der Waals surface area contributed by atoms with E-state index in [9.17, 15) is 0 Å². The first kappa shape index (κ1) is 23.9. The van der Waals surface area contributed by atoms with Crippen molar-refractivity contribution in [3.63, 3.8) is 0 Å². The molecule has 0 fully saturated rings. The molecule has 2 nitrogen and oxygen atoms in total. The maximum absolute atomic E-state index is 6.16. The Bertz CT molecular complexity index is 1300. The van der Waals surface area contributed by atoms with E-state index in [1.54, 1.807) is 0 Å². The zero-order valence-corrected chi connectivity index (χ0v) is 20.8. The van der Waals surface area contributed by atoms with Crippen LogP contribution in [0.25, 0.3) is 17.8 Å². The number of anilines is 1. The van der Waals surface area contributed by atoms with Gasteiger partial charge in [-0.05, 0) is 87.4 Å². The number of nitrogens with two attached hydrogens (primary N) is 1. The summed E-state index contributed by atoms with van der Waals surface area (Å²) in [6, 6.07) is 19.6. The maximum atomic E-state index is 6.16. The topological polar surface area (TPSA) is 38.0 Å². The number of unbranched alkanes of at least 4 members (excludes halogenated alkanes) is 5. The van der Waals surface area contributed by atoms with E-state index in [4.69, 9.17) is 5.73 Å². The van der Waals surface area contributed by atoms with Gasteiger partial charge >= 0.3 is 0 Å². The molecule has 0 saturated heterocycles. The lowest BCUT2D eigenvalue weighted by atomic mass is 9.81. The first-order valence-corrected chi connectivity index (χ1v) is 12.7. The van der Waals surface area contributed by atoms with E-state index < -0.39 is 0 Å². The Kier molecular flexibility index (Phi) is 7.57. The number of benzene rings is 3. The summed E-state index contributed by atoms with van der Waals surface area (Å²) >= 11 is 0. The molecule has 3 N–H and O–H groups in total. The molecule has 2 heteroatoms. The molecule has 4 rings (SSSR count). The van der Waals surface area contributed by atoms with Gasteiger partial charge in [0.15, 0.2) is 0 Å². The first-order chi connectivity index (χ1) is 16.5. The molecular formula is C32H38N2. The molecule has 0 radical (unpaired) electrons. The van der Waals surface area contributed by atoms with Crippen LogP contribution in [-0.2, 0) is 6.42 Å². The summed E-state index contributed by atoms with van der Waals surface area (Å²) in [7, 11) is 0. The smallest absolute Gasteiger partial charge is 0.0340 e. The van der Waals surface area contributed by atoms with Crippen LogP contribution in [0.4, 0.5) is 5.69 Å². The highest BCUT2D eigenvalue weighted by Crippen LogP contribution is 2.33. The van der Waals surface area contributed by atoms with Crippen LogP contribution in [0.1, 0.15) is 78.8 Å². The Morgan fingerprint density at radius 3 is 2.50 bits per heavy atom. The summed E-state index contributed by atoms with van der Waals surface area (Å²) in [4.78, 5) is 0. The summed E-state index contributed by atoms with van der Waals surface area (Å²) in [5, 5.41) is 5.90. The minimum atomic E-state index is 0.810. The molecule has 3 aromatic rings. The van der Waals surface area contributed by atoms with Crippen molar-refractivity contribution >= 4 is 23.5 Å². The maximum Gasteiger partial charge on any atom is 0.0340 e. The van der Waals surface area contributed by atoms with Gasteiger partial charge in [-0.3, -0.25) is 0 Å². The minimum absolute atomic E-state index is 0.810. The van der Waals surface area contributed by atoms with Crippen LogP contribution < -0.4 is 21.5 Å². The fourth-order valence-electron chi connectivity index (χ4n) is 5.01. The molecule has 1 aliphatic rings. The van der Waals surface area contributed by atoms with Crippen LogP contribution in [0.15, 0.2) is 61.2 Å². The number of hydrogen-bond donors (Lipinski definition) is 2. The fraction of sp³-hybridized carbons (Fsp3) is 0.312. The van der Waals surface area contributed by atoms with Gasteiger partial charge in [0, 0.05) is 17.9 Å². The van der Waals surface area contributed by atoms with Crippen LogP contribution in [-0.4, -0.2) is 6.54 Å². The van der Waals surface area contributed by atoms with E-state index in [1.165, 1.54) is 77.1 Å². The number of nitrogen functional groups attached to an aromatic ring is 1. The van der Waals surface area contributed by atoms with E-state index in [2.05, 4.69) is 80.9 Å². The number of hydrogen-bond acceptors (Lipinski definition) is 2. The van der Waals surface area contributed by atoms with Gasteiger partial charge in [0.25, 0.3) is 0 Å². The van der Waals surface area contributed by atoms with Crippen molar-refractivity contribution in [2.45, 2.75) is 58.8 Å². The third kappa shape index (κ3) is 5.28. The Labute approximate surface area is 204 Å². The monoisotopic (exact) mass is 450 g/mol. The second kappa shape index (κ2) is 10.8. The van der Waals surface area contributed by atoms with E-state index in [0.29, 0.717) is 0 Å². The lowest BCUT2D eigenvalue weighted by molar-refractivity contribution is 0.600. The third-order valence-electron chi connectivity index (χ3n) is 6.94. The SMILES string of the molecule is C=C(NCCCCCCCC)c1ccc(C)c(C2=c3ccc(=C)cc3Cc3cc(N)ccc32)c1. The molecule has 0 unspecified atom stereocenters. The molecule has 0 amide bonds. The van der Waals surface area contributed by atoms with Gasteiger partial charge in [0.05, 0.1) is 0 Å².